The van der Waals surface area contributed by atoms with Gasteiger partial charge in [-0.25, -0.2) is 13.8 Å². The number of halogens is 5. The third-order valence-corrected chi connectivity index (χ3v) is 14.8. The van der Waals surface area contributed by atoms with Gasteiger partial charge in [-0.15, -0.1) is 0 Å². The number of fused-ring (bicyclic) bond motifs is 3. The van der Waals surface area contributed by atoms with Crippen molar-refractivity contribution in [2.24, 2.45) is 0 Å². The van der Waals surface area contributed by atoms with E-state index in [4.69, 9.17) is 10.5 Å². The molecule has 1 amide bonds. The number of aromatic nitrogens is 3. The molecule has 4 aliphatic heterocycles. The predicted molar refractivity (Wildman–Crippen MR) is 257 cm³/mol. The second kappa shape index (κ2) is 17.4. The van der Waals surface area contributed by atoms with Gasteiger partial charge in [0, 0.05) is 35.8 Å². The van der Waals surface area contributed by atoms with Gasteiger partial charge in [-0.05, 0) is 85.8 Å². The van der Waals surface area contributed by atoms with Crippen molar-refractivity contribution < 1.29 is 31.5 Å². The Morgan fingerprint density at radius 1 is 0.812 bits per heavy atom. The molecule has 5 aromatic carbocycles. The average Bonchev–Trinajstić information content (AvgIpc) is 4.00. The van der Waals surface area contributed by atoms with Crippen LogP contribution in [-0.2, 0) is 16.5 Å². The summed E-state index contributed by atoms with van der Waals surface area (Å²) in [5.74, 6) is -2.42. The van der Waals surface area contributed by atoms with Crippen LogP contribution in [0, 0.1) is 11.6 Å². The zero-order chi connectivity index (χ0) is 47.5. The number of nitrogens with zero attached hydrogens (tertiary/aromatic N) is 6. The summed E-state index contributed by atoms with van der Waals surface area (Å²) in [6, 6.07) is 32.1. The molecule has 69 heavy (non-hydrogen) atoms. The Balaban J connectivity index is 0.963. The smallest absolute Gasteiger partial charge is 0.417 e. The lowest BCUT2D eigenvalue weighted by atomic mass is 9.75. The van der Waals surface area contributed by atoms with E-state index in [1.165, 1.54) is 0 Å². The van der Waals surface area contributed by atoms with Gasteiger partial charge in [0.05, 0.1) is 27.4 Å². The summed E-state index contributed by atoms with van der Waals surface area (Å²) in [5, 5.41) is 2.92. The summed E-state index contributed by atoms with van der Waals surface area (Å²) in [6.07, 6.45) is 7.95. The first-order valence-electron chi connectivity index (χ1n) is 22.9. The molecule has 4 aliphatic rings. The SMILES string of the molecule is Nc1nc2c(-c3c(C(F)(F)F)cc4c(NC5CN(C(=O)C6=CC=CC=CN6C(c6ccccc6)(c6ccccc6)c6ccccc6)C5)nc(OCC56CCCN5CCC6)nc4c3F)ccc(F)c2s1. The standard InChI is InChI=1S/C53H45F5N8O2S/c54-40-23-22-37(45-46(40)69-49(59)61-45)42-39(53(56,57)58)29-38-44(43(42)55)62-50(68-32-51-24-13-26-65(51)27-14-25-51)63-47(38)60-36-30-64(31-36)48(67)41-21-11-4-12-28-66(41)52(33-15-5-1-6-16-33,34-17-7-2-8-18-34)35-19-9-3-10-20-35/h1-12,15-23,28-29,36H,13-14,24-27,30-32H2,(H2,59,61)(H,60,62,63). The molecule has 7 aromatic rings. The number of thiazole rings is 1. The molecule has 0 spiro atoms. The van der Waals surface area contributed by atoms with Crippen LogP contribution in [0.4, 0.5) is 32.9 Å². The van der Waals surface area contributed by atoms with E-state index >= 15 is 17.6 Å². The summed E-state index contributed by atoms with van der Waals surface area (Å²) in [5.41, 5.74) is 4.69. The third kappa shape index (κ3) is 7.66. The molecule has 0 bridgehead atoms. The number of allylic oxidation sites excluding steroid dienone is 4. The van der Waals surface area contributed by atoms with Crippen molar-refractivity contribution in [3.05, 3.63) is 179 Å². The molecule has 2 aromatic heterocycles. The Labute approximate surface area is 398 Å². The van der Waals surface area contributed by atoms with Crippen LogP contribution in [0.1, 0.15) is 47.9 Å². The van der Waals surface area contributed by atoms with E-state index in [0.717, 1.165) is 85.0 Å². The first-order chi connectivity index (χ1) is 33.4. The highest BCUT2D eigenvalue weighted by Gasteiger charge is 2.47. The van der Waals surface area contributed by atoms with E-state index in [0.29, 0.717) is 5.70 Å². The number of amides is 1. The Bertz CT molecular complexity index is 3090. The Morgan fingerprint density at radius 2 is 1.45 bits per heavy atom. The van der Waals surface area contributed by atoms with Crippen LogP contribution >= 0.6 is 11.3 Å². The van der Waals surface area contributed by atoms with E-state index < -0.39 is 46.0 Å². The molecule has 0 saturated carbocycles. The number of likely N-dealkylation sites (tertiary alicyclic amines) is 1. The zero-order valence-electron chi connectivity index (χ0n) is 37.1. The number of nitrogens with two attached hydrogens (primary N) is 1. The molecule has 0 atom stereocenters. The van der Waals surface area contributed by atoms with Crippen LogP contribution < -0.4 is 15.8 Å². The molecule has 3 fully saturated rings. The number of benzene rings is 5. The van der Waals surface area contributed by atoms with Crippen LogP contribution in [0.3, 0.4) is 0 Å². The van der Waals surface area contributed by atoms with E-state index in [9.17, 15) is 9.18 Å². The number of carbonyl (C=O) groups is 1. The van der Waals surface area contributed by atoms with Gasteiger partial charge in [0.2, 0.25) is 0 Å². The average molecular weight is 953 g/mol. The van der Waals surface area contributed by atoms with Gasteiger partial charge >= 0.3 is 12.2 Å². The van der Waals surface area contributed by atoms with Gasteiger partial charge in [-0.2, -0.15) is 23.1 Å². The summed E-state index contributed by atoms with van der Waals surface area (Å²) in [4.78, 5) is 34.2. The molecule has 350 valence electrons. The molecule has 10 nitrogen and oxygen atoms in total. The molecule has 3 saturated heterocycles. The quantitative estimate of drug-likeness (QED) is 0.0967. The highest BCUT2D eigenvalue weighted by atomic mass is 32.1. The lowest BCUT2D eigenvalue weighted by Gasteiger charge is -2.47. The fourth-order valence-corrected chi connectivity index (χ4v) is 11.5. The summed E-state index contributed by atoms with van der Waals surface area (Å²) >= 11 is 0.754. The van der Waals surface area contributed by atoms with Gasteiger partial charge in [0.1, 0.15) is 35.0 Å². The second-order valence-corrected chi connectivity index (χ2v) is 18.9. The molecule has 3 N–H and O–H groups in total. The highest BCUT2D eigenvalue weighted by Crippen LogP contribution is 2.48. The maximum absolute atomic E-state index is 17.3. The molecule has 0 aliphatic carbocycles. The van der Waals surface area contributed by atoms with Crippen LogP contribution in [0.5, 0.6) is 6.01 Å². The van der Waals surface area contributed by atoms with Crippen LogP contribution in [0.25, 0.3) is 32.2 Å². The summed E-state index contributed by atoms with van der Waals surface area (Å²) in [6.45, 7) is 2.32. The lowest BCUT2D eigenvalue weighted by Crippen LogP contribution is -2.59. The topological polar surface area (TPSA) is 113 Å². The molecule has 6 heterocycles. The molecular formula is C53H45F5N8O2S. The molecule has 11 rings (SSSR count). The van der Waals surface area contributed by atoms with Crippen molar-refractivity contribution >= 4 is 49.3 Å². The molecule has 0 unspecified atom stereocenters. The number of hydrogen-bond donors (Lipinski definition) is 2. The van der Waals surface area contributed by atoms with E-state index in [-0.39, 0.29) is 69.3 Å². The number of alkyl halides is 3. The largest absolute Gasteiger partial charge is 0.461 e. The second-order valence-electron chi connectivity index (χ2n) is 17.9. The van der Waals surface area contributed by atoms with Gasteiger partial charge < -0.3 is 25.6 Å². The minimum atomic E-state index is -5.08. The van der Waals surface area contributed by atoms with Crippen LogP contribution in [0.15, 0.2) is 145 Å². The number of nitrogens with one attached hydrogen (secondary N) is 1. The van der Waals surface area contributed by atoms with Crippen LogP contribution in [0.2, 0.25) is 0 Å². The number of anilines is 2. The van der Waals surface area contributed by atoms with E-state index in [2.05, 4.69) is 25.2 Å². The Kier molecular flexibility index (Phi) is 11.2. The fraction of sp³-hybridized carbons (Fsp3) is 0.245. The predicted octanol–water partition coefficient (Wildman–Crippen LogP) is 10.7. The van der Waals surface area contributed by atoms with Crippen molar-refractivity contribution in [3.63, 3.8) is 0 Å². The zero-order valence-corrected chi connectivity index (χ0v) is 37.9. The fourth-order valence-electron chi connectivity index (χ4n) is 10.7. The van der Waals surface area contributed by atoms with Crippen molar-refractivity contribution in [1.82, 2.24) is 29.7 Å². The maximum atomic E-state index is 17.3. The monoisotopic (exact) mass is 952 g/mol. The minimum absolute atomic E-state index is 0.0881. The third-order valence-electron chi connectivity index (χ3n) is 13.9. The number of rotatable bonds is 11. The summed E-state index contributed by atoms with van der Waals surface area (Å²) in [7, 11) is 0. The first kappa shape index (κ1) is 44.3. The van der Waals surface area contributed by atoms with E-state index in [1.807, 2.05) is 120 Å². The van der Waals surface area contributed by atoms with Gasteiger partial charge in [0.15, 0.2) is 10.9 Å². The number of nitrogen functional groups attached to an aromatic ring is 1. The van der Waals surface area contributed by atoms with Crippen molar-refractivity contribution in [1.29, 1.82) is 0 Å². The minimum Gasteiger partial charge on any atom is -0.461 e. The molecular weight excluding hydrogens is 908 g/mol. The molecule has 0 radical (unpaired) electrons. The number of hydrogen-bond acceptors (Lipinski definition) is 10. The first-order valence-corrected chi connectivity index (χ1v) is 23.7. The Hall–Kier alpha value is -7.17. The number of ether oxygens (including phenoxy) is 1. The van der Waals surface area contributed by atoms with Crippen molar-refractivity contribution in [3.8, 4) is 17.1 Å². The molecule has 16 heteroatoms. The lowest BCUT2D eigenvalue weighted by molar-refractivity contribution is -0.137. The maximum Gasteiger partial charge on any atom is 0.417 e. The number of carbonyl (C=O) groups excluding carboxylic acids is 1. The van der Waals surface area contributed by atoms with Crippen molar-refractivity contribution in [2.45, 2.75) is 49.0 Å². The summed E-state index contributed by atoms with van der Waals surface area (Å²) < 4.78 is 84.2. The van der Waals surface area contributed by atoms with E-state index in [1.54, 1.807) is 11.0 Å². The van der Waals surface area contributed by atoms with Crippen molar-refractivity contribution in [2.75, 3.05) is 43.8 Å². The van der Waals surface area contributed by atoms with Gasteiger partial charge in [-0.1, -0.05) is 114 Å². The normalized spacial score (nSPS) is 17.3. The highest BCUT2D eigenvalue weighted by molar-refractivity contribution is 7.22. The van der Waals surface area contributed by atoms with Crippen LogP contribution in [-0.4, -0.2) is 79.9 Å². The van der Waals surface area contributed by atoms with Gasteiger partial charge in [-0.3, -0.25) is 9.69 Å². The Morgan fingerprint density at radius 3 is 2.07 bits per heavy atom. The van der Waals surface area contributed by atoms with Gasteiger partial charge in [0.25, 0.3) is 5.91 Å².